The van der Waals surface area contributed by atoms with Gasteiger partial charge >= 0.3 is 5.97 Å². The van der Waals surface area contributed by atoms with Crippen molar-refractivity contribution in [2.75, 3.05) is 26.1 Å². The number of methoxy groups -OCH3 is 2. The topological polar surface area (TPSA) is 152 Å². The largest absolute Gasteiger partial charge is 0.497 e. The number of hydrogen-bond donors (Lipinski definition) is 3. The number of ether oxygens (including phenoxy) is 3. The van der Waals surface area contributed by atoms with Gasteiger partial charge in [0.1, 0.15) is 29.5 Å². The molecule has 0 radical (unpaired) electrons. The van der Waals surface area contributed by atoms with Gasteiger partial charge in [0.05, 0.1) is 32.6 Å². The Morgan fingerprint density at radius 1 is 1.09 bits per heavy atom. The standard InChI is InChI=1S/C34H39N5O7/c1-44-24-11-12-26-21(16-24)14-15-35-31(26)46-25-17-28-30(40)38-34(33(42)43)18-22(34)8-6-4-3-5-7-9-27(32(41)39(28)20-25)37-23-10-13-29(45-2)36-19-23/h6,8,10-16,19,22,25,27-28,37H,3-5,7,9,17-18,20H2,1-2H3,(H,38,40)(H,42,43)/b8-6-/t22-,25-,27+,28+,34-/m1/s1. The van der Waals surface area contributed by atoms with Crippen LogP contribution < -0.4 is 24.8 Å². The number of aliphatic carboxylic acids is 1. The minimum atomic E-state index is -1.38. The molecule has 0 spiro atoms. The molecule has 12 heteroatoms. The smallest absolute Gasteiger partial charge is 0.330 e. The van der Waals surface area contributed by atoms with Crippen LogP contribution in [0.15, 0.2) is 60.9 Å². The highest BCUT2D eigenvalue weighted by molar-refractivity contribution is 5.96. The normalized spacial score (nSPS) is 27.3. The molecule has 0 bridgehead atoms. The number of fused-ring (bicyclic) bond motifs is 3. The second-order valence-corrected chi connectivity index (χ2v) is 12.1. The number of amides is 2. The number of carboxylic acids is 1. The highest BCUT2D eigenvalue weighted by Crippen LogP contribution is 2.45. The van der Waals surface area contributed by atoms with Gasteiger partial charge in [0.15, 0.2) is 0 Å². The van der Waals surface area contributed by atoms with E-state index in [1.807, 2.05) is 36.4 Å². The lowest BCUT2D eigenvalue weighted by atomic mass is 10.0. The Balaban J connectivity index is 1.30. The third kappa shape index (κ3) is 6.42. The number of pyridine rings is 2. The predicted octanol–water partition coefficient (Wildman–Crippen LogP) is 3.96. The summed E-state index contributed by atoms with van der Waals surface area (Å²) >= 11 is 0. The van der Waals surface area contributed by atoms with E-state index >= 15 is 0 Å². The minimum absolute atomic E-state index is 0.133. The molecule has 5 atom stereocenters. The summed E-state index contributed by atoms with van der Waals surface area (Å²) in [5.41, 5.74) is -0.738. The molecular formula is C34H39N5O7. The quantitative estimate of drug-likeness (QED) is 0.328. The van der Waals surface area contributed by atoms with Crippen LogP contribution in [0.5, 0.6) is 17.5 Å². The summed E-state index contributed by atoms with van der Waals surface area (Å²) in [7, 11) is 3.14. The molecule has 4 heterocycles. The van der Waals surface area contributed by atoms with Gasteiger partial charge in [0.2, 0.25) is 23.6 Å². The van der Waals surface area contributed by atoms with Crippen LogP contribution >= 0.6 is 0 Å². The average Bonchev–Trinajstić information content (AvgIpc) is 3.60. The van der Waals surface area contributed by atoms with Crippen molar-refractivity contribution in [3.05, 3.63) is 60.9 Å². The van der Waals surface area contributed by atoms with Gasteiger partial charge < -0.3 is 34.9 Å². The highest BCUT2D eigenvalue weighted by Gasteiger charge is 2.61. The summed E-state index contributed by atoms with van der Waals surface area (Å²) in [4.78, 5) is 50.9. The fraction of sp³-hybridized carbons (Fsp3) is 0.441. The molecule has 1 saturated carbocycles. The fourth-order valence-corrected chi connectivity index (χ4v) is 6.44. The third-order valence-corrected chi connectivity index (χ3v) is 9.12. The molecule has 46 heavy (non-hydrogen) atoms. The van der Waals surface area contributed by atoms with Crippen molar-refractivity contribution in [1.29, 1.82) is 0 Å². The molecule has 2 aliphatic heterocycles. The molecule has 0 unspecified atom stereocenters. The number of nitrogens with zero attached hydrogens (tertiary/aromatic N) is 3. The van der Waals surface area contributed by atoms with Gasteiger partial charge in [-0.3, -0.25) is 9.59 Å². The van der Waals surface area contributed by atoms with Crippen molar-refractivity contribution in [3.63, 3.8) is 0 Å². The molecular weight excluding hydrogens is 590 g/mol. The third-order valence-electron chi connectivity index (χ3n) is 9.12. The predicted molar refractivity (Wildman–Crippen MR) is 170 cm³/mol. The van der Waals surface area contributed by atoms with Crippen LogP contribution in [-0.2, 0) is 14.4 Å². The van der Waals surface area contributed by atoms with Gasteiger partial charge in [0, 0.05) is 30.0 Å². The van der Waals surface area contributed by atoms with E-state index in [-0.39, 0.29) is 24.8 Å². The lowest BCUT2D eigenvalue weighted by molar-refractivity contribution is -0.145. The molecule has 3 aromatic rings. The van der Waals surface area contributed by atoms with Crippen LogP contribution in [0.3, 0.4) is 0 Å². The van der Waals surface area contributed by atoms with Crippen molar-refractivity contribution in [2.24, 2.45) is 5.92 Å². The number of nitrogens with one attached hydrogen (secondary N) is 2. The van der Waals surface area contributed by atoms with E-state index in [1.54, 1.807) is 31.6 Å². The number of rotatable bonds is 7. The van der Waals surface area contributed by atoms with Crippen molar-refractivity contribution < 1.29 is 33.7 Å². The van der Waals surface area contributed by atoms with Crippen LogP contribution in [0.25, 0.3) is 10.8 Å². The van der Waals surface area contributed by atoms with Crippen LogP contribution in [0, 0.1) is 5.92 Å². The summed E-state index contributed by atoms with van der Waals surface area (Å²) in [6, 6.07) is 9.36. The maximum absolute atomic E-state index is 14.3. The van der Waals surface area contributed by atoms with Crippen LogP contribution in [-0.4, -0.2) is 82.2 Å². The highest BCUT2D eigenvalue weighted by atomic mass is 16.5. The van der Waals surface area contributed by atoms with Crippen LogP contribution in [0.2, 0.25) is 0 Å². The van der Waals surface area contributed by atoms with E-state index in [4.69, 9.17) is 14.2 Å². The van der Waals surface area contributed by atoms with E-state index in [9.17, 15) is 19.5 Å². The Hall–Kier alpha value is -4.87. The van der Waals surface area contributed by atoms with Crippen molar-refractivity contribution in [3.8, 4) is 17.5 Å². The zero-order valence-electron chi connectivity index (χ0n) is 26.0. The SMILES string of the molecule is COc1ccc2c(O[C@@H]3C[C@H]4C(=O)N[C@]5(C(=O)O)C[C@H]5/C=C\CCCCC[C@H](Nc5ccc(OC)nc5)C(=O)N4C3)nccc2c1. The zero-order chi connectivity index (χ0) is 32.3. The molecule has 1 aromatic carbocycles. The van der Waals surface area contributed by atoms with E-state index in [1.165, 1.54) is 12.0 Å². The van der Waals surface area contributed by atoms with Crippen molar-refractivity contribution in [2.45, 2.75) is 68.7 Å². The molecule has 6 rings (SSSR count). The number of allylic oxidation sites excluding steroid dienone is 1. The molecule has 2 aromatic heterocycles. The van der Waals surface area contributed by atoms with Gasteiger partial charge in [-0.1, -0.05) is 25.0 Å². The summed E-state index contributed by atoms with van der Waals surface area (Å²) in [6.45, 7) is 0.133. The van der Waals surface area contributed by atoms with E-state index in [0.717, 1.165) is 36.5 Å². The molecule has 3 N–H and O–H groups in total. The first-order chi connectivity index (χ1) is 22.3. The summed E-state index contributed by atoms with van der Waals surface area (Å²) < 4.78 is 16.9. The molecule has 1 aliphatic carbocycles. The van der Waals surface area contributed by atoms with E-state index in [0.29, 0.717) is 36.0 Å². The van der Waals surface area contributed by atoms with Gasteiger partial charge in [-0.25, -0.2) is 14.8 Å². The summed E-state index contributed by atoms with van der Waals surface area (Å²) in [5.74, 6) is -0.611. The van der Waals surface area contributed by atoms with Crippen LogP contribution in [0.1, 0.15) is 44.9 Å². The number of benzene rings is 1. The average molecular weight is 630 g/mol. The van der Waals surface area contributed by atoms with Gasteiger partial charge in [-0.2, -0.15) is 0 Å². The lowest BCUT2D eigenvalue weighted by Gasteiger charge is -2.30. The van der Waals surface area contributed by atoms with Crippen LogP contribution in [0.4, 0.5) is 5.69 Å². The molecule has 242 valence electrons. The van der Waals surface area contributed by atoms with E-state index in [2.05, 4.69) is 20.6 Å². The number of hydrogen-bond acceptors (Lipinski definition) is 9. The first kappa shape index (κ1) is 31.1. The Bertz CT molecular complexity index is 1630. The molecule has 12 nitrogen and oxygen atoms in total. The Morgan fingerprint density at radius 2 is 1.96 bits per heavy atom. The minimum Gasteiger partial charge on any atom is -0.497 e. The number of aromatic nitrogens is 2. The molecule has 3 aliphatic rings. The Labute approximate surface area is 267 Å². The number of carbonyl (C=O) groups is 3. The molecule has 2 fully saturated rings. The van der Waals surface area contributed by atoms with Crippen molar-refractivity contribution in [1.82, 2.24) is 20.2 Å². The second-order valence-electron chi connectivity index (χ2n) is 12.1. The van der Waals surface area contributed by atoms with E-state index < -0.39 is 35.6 Å². The molecule has 1 saturated heterocycles. The maximum Gasteiger partial charge on any atom is 0.330 e. The Kier molecular flexibility index (Phi) is 8.96. The fourth-order valence-electron chi connectivity index (χ4n) is 6.44. The first-order valence-electron chi connectivity index (χ1n) is 15.7. The second kappa shape index (κ2) is 13.2. The van der Waals surface area contributed by atoms with Gasteiger partial charge in [-0.05, 0) is 61.4 Å². The van der Waals surface area contributed by atoms with Gasteiger partial charge in [-0.15, -0.1) is 0 Å². The lowest BCUT2D eigenvalue weighted by Crippen LogP contribution is -2.55. The Morgan fingerprint density at radius 3 is 2.72 bits per heavy atom. The summed E-state index contributed by atoms with van der Waals surface area (Å²) in [6.07, 6.45) is 11.0. The monoisotopic (exact) mass is 629 g/mol. The number of carboxylic acid groups (broad SMARTS) is 1. The van der Waals surface area contributed by atoms with Gasteiger partial charge in [0.25, 0.3) is 0 Å². The zero-order valence-corrected chi connectivity index (χ0v) is 26.0. The first-order valence-corrected chi connectivity index (χ1v) is 15.7. The number of carbonyl (C=O) groups excluding carboxylic acids is 2. The summed E-state index contributed by atoms with van der Waals surface area (Å²) in [5, 5.41) is 17.9. The van der Waals surface area contributed by atoms with Crippen molar-refractivity contribution >= 4 is 34.2 Å². The molecule has 2 amide bonds. The maximum atomic E-state index is 14.3. The number of anilines is 1.